The molecule has 2 heterocycles. The van der Waals surface area contributed by atoms with E-state index in [0.717, 1.165) is 92.4 Å². The third kappa shape index (κ3) is 22.0. The van der Waals surface area contributed by atoms with Crippen molar-refractivity contribution in [2.75, 3.05) is 161 Å². The third-order valence-corrected chi connectivity index (χ3v) is 23.9. The molecule has 4 N–H and O–H groups in total. The molecular weight excluding hydrogens is 1540 g/mol. The summed E-state index contributed by atoms with van der Waals surface area (Å²) in [5.41, 5.74) is -1.13. The molecule has 37 heteroatoms. The maximum absolute atomic E-state index is 14.8. The number of aliphatic hydroxyl groups is 1. The summed E-state index contributed by atoms with van der Waals surface area (Å²) in [6.07, 6.45) is 10.4. The average molecular weight is 1650 g/mol. The van der Waals surface area contributed by atoms with Gasteiger partial charge in [-0.05, 0) is 108 Å². The molecule has 646 valence electrons. The van der Waals surface area contributed by atoms with Crippen LogP contribution in [0.3, 0.4) is 0 Å². The van der Waals surface area contributed by atoms with E-state index in [4.69, 9.17) is 18.9 Å². The van der Waals surface area contributed by atoms with E-state index in [1.54, 1.807) is 18.2 Å². The summed E-state index contributed by atoms with van der Waals surface area (Å²) in [7, 11) is 13.4. The van der Waals surface area contributed by atoms with E-state index in [9.17, 15) is 91.4 Å². The SMILES string of the molecule is CC(=O)CN(C)C(=O)CN(C)C(=O)CN(C)C(=O)CN(C)C(=O)CN(C)C(=O)CN(C)C(=O)CN(C)C(=O)CN(C)C(=O)CN(C)C(=O)CN(C)C(=O)CCCOc1cc(N2C(=O)C=CC2=O)ccc1CCC(=O)N[C@@H](C)C(=O)N[C@@H](C)C(=O)NCOCC(=O)[C@@]12O[C@H](C3CCC3)O[C@@H]1C[C@H]1[C@@H]3CCC4=CC(=O)C=C[C@]4(C)[C@H]3[C@@H](O)C[C@@]12C. The van der Waals surface area contributed by atoms with Crippen LogP contribution >= 0.6 is 0 Å². The van der Waals surface area contributed by atoms with Gasteiger partial charge in [0.2, 0.25) is 76.8 Å². The van der Waals surface area contributed by atoms with Gasteiger partial charge in [0.25, 0.3) is 11.8 Å². The lowest BCUT2D eigenvalue weighted by Gasteiger charge is -2.59. The first-order valence-electron chi connectivity index (χ1n) is 39.6. The molecule has 0 radical (unpaired) electrons. The molecule has 15 amide bonds. The number of carbonyl (C=O) groups is 18. The molecule has 1 aromatic carbocycles. The summed E-state index contributed by atoms with van der Waals surface area (Å²) in [4.78, 5) is 246. The van der Waals surface area contributed by atoms with E-state index in [1.807, 2.05) is 13.0 Å². The van der Waals surface area contributed by atoms with Gasteiger partial charge >= 0.3 is 0 Å². The number of imide groups is 1. The van der Waals surface area contributed by atoms with Crippen LogP contribution in [-0.2, 0) is 107 Å². The number of likely N-dealkylation sites (N-methyl/N-ethyl adjacent to an activating group) is 10. The Labute approximate surface area is 686 Å². The topological polar surface area (TPSA) is 436 Å². The molecule has 1 aromatic rings. The first-order chi connectivity index (χ1) is 55.4. The summed E-state index contributed by atoms with van der Waals surface area (Å²) in [5.74, 6) is -9.77. The monoisotopic (exact) mass is 1650 g/mol. The van der Waals surface area contributed by atoms with Gasteiger partial charge in [0.05, 0.1) is 89.9 Å². The van der Waals surface area contributed by atoms with Crippen molar-refractivity contribution in [2.24, 2.45) is 34.5 Å². The van der Waals surface area contributed by atoms with Gasteiger partial charge in [-0.15, -0.1) is 0 Å². The fourth-order valence-corrected chi connectivity index (χ4v) is 16.5. The smallest absolute Gasteiger partial charge is 0.258 e. The van der Waals surface area contributed by atoms with Gasteiger partial charge in [-0.3, -0.25) is 86.3 Å². The Hall–Kier alpha value is -10.7. The Kier molecular flexibility index (Phi) is 31.3. The van der Waals surface area contributed by atoms with Crippen LogP contribution in [0.2, 0.25) is 0 Å². The lowest BCUT2D eigenvalue weighted by atomic mass is 9.46. The summed E-state index contributed by atoms with van der Waals surface area (Å²) >= 11 is 0. The molecular formula is C81H114N14O23. The predicted molar refractivity (Wildman–Crippen MR) is 421 cm³/mol. The first kappa shape index (κ1) is 92.8. The Morgan fingerprint density at radius 3 is 1.53 bits per heavy atom. The number of ketones is 3. The number of carbonyl (C=O) groups excluding carboxylic acids is 18. The molecule has 5 fully saturated rings. The summed E-state index contributed by atoms with van der Waals surface area (Å²) < 4.78 is 25.5. The normalized spacial score (nSPS) is 23.1. The lowest BCUT2D eigenvalue weighted by Crippen LogP contribution is -2.64. The number of hydrogen-bond acceptors (Lipinski definition) is 23. The standard InChI is InChI=1S/C81H114N14O23/c1-48(96)36-85(6)66(104)38-87(8)68(106)40-89(10)70(108)42-91(12)72(110)44-93(14)74(112)45-94(15)73(111)43-92(13)71(109)41-90(11)69(107)39-88(9)67(105)37-86(7)63(101)20-17-31-116-59-33-54(95-64(102)27-28-65(95)103)24-21-51(59)22-26-62(100)83-50(3)77(114)84-49(2)76(113)82-47-115-46-60(99)81-61(117-78(118-81)52-18-16-19-52)34-57-56-25-23-53-32-55(97)29-30-79(53,4)75(56)58(98)35-80(57,81)5/h21,24,27-30,32-33,49-50,52,56-58,61,75,78,98H,16-20,22-23,25-26,31,34-47H2,1-15H3,(H,82,113)(H,83,100)(H,84,114)/t49-,50-,56-,57-,58-,61+,75+,78+,79-,80-,81+/m0/s1. The number of fused-ring (bicyclic) bond motifs is 7. The number of anilines is 1. The van der Waals surface area contributed by atoms with Gasteiger partial charge in [0.1, 0.15) is 37.0 Å². The molecule has 37 nitrogen and oxygen atoms in total. The van der Waals surface area contributed by atoms with E-state index in [0.29, 0.717) is 18.4 Å². The lowest BCUT2D eigenvalue weighted by molar-refractivity contribution is -0.213. The van der Waals surface area contributed by atoms with Gasteiger partial charge in [-0.25, -0.2) is 4.90 Å². The van der Waals surface area contributed by atoms with Crippen molar-refractivity contribution in [3.63, 3.8) is 0 Å². The fraction of sp³-hybridized carbons (Fsp3) is 0.630. The van der Waals surface area contributed by atoms with Crippen molar-refractivity contribution in [2.45, 2.75) is 141 Å². The zero-order valence-corrected chi connectivity index (χ0v) is 70.1. The predicted octanol–water partition coefficient (Wildman–Crippen LogP) is -1.78. The van der Waals surface area contributed by atoms with Crippen LogP contribution in [-0.4, -0.2) is 352 Å². The Morgan fingerprint density at radius 2 is 1.06 bits per heavy atom. The van der Waals surface area contributed by atoms with E-state index < -0.39 is 201 Å². The minimum Gasteiger partial charge on any atom is -0.493 e. The second-order valence-electron chi connectivity index (χ2n) is 32.8. The highest BCUT2D eigenvalue weighted by Gasteiger charge is 2.76. The van der Waals surface area contributed by atoms with Crippen molar-refractivity contribution in [3.05, 3.63) is 59.7 Å². The van der Waals surface area contributed by atoms with Crippen LogP contribution < -0.4 is 25.6 Å². The van der Waals surface area contributed by atoms with E-state index in [2.05, 4.69) is 22.9 Å². The van der Waals surface area contributed by atoms with E-state index in [-0.39, 0.29) is 104 Å². The highest BCUT2D eigenvalue weighted by atomic mass is 16.7. The largest absolute Gasteiger partial charge is 0.493 e. The highest BCUT2D eigenvalue weighted by molar-refractivity contribution is 6.28. The number of aryl methyl sites for hydroxylation is 1. The van der Waals surface area contributed by atoms with Crippen LogP contribution in [0.25, 0.3) is 0 Å². The number of ether oxygens (including phenoxy) is 4. The number of Topliss-reactive ketones (excluding diaryl/α,β-unsaturated/α-hetero) is 2. The van der Waals surface area contributed by atoms with Crippen LogP contribution in [0.4, 0.5) is 5.69 Å². The van der Waals surface area contributed by atoms with Gasteiger partial charge in [-0.1, -0.05) is 38.0 Å². The Bertz CT molecular complexity index is 4180. The Morgan fingerprint density at radius 1 is 0.593 bits per heavy atom. The zero-order valence-electron chi connectivity index (χ0n) is 70.1. The minimum atomic E-state index is -1.42. The van der Waals surface area contributed by atoms with E-state index >= 15 is 0 Å². The van der Waals surface area contributed by atoms with Crippen molar-refractivity contribution in [1.29, 1.82) is 0 Å². The molecule has 0 bridgehead atoms. The fourth-order valence-electron chi connectivity index (χ4n) is 16.5. The first-order valence-corrected chi connectivity index (χ1v) is 39.6. The molecule has 4 saturated carbocycles. The molecule has 0 spiro atoms. The maximum Gasteiger partial charge on any atom is 0.258 e. The second-order valence-corrected chi connectivity index (χ2v) is 32.8. The van der Waals surface area contributed by atoms with E-state index in [1.165, 1.54) is 108 Å². The summed E-state index contributed by atoms with van der Waals surface area (Å²) in [6.45, 7) is 3.06. The van der Waals surface area contributed by atoms with Crippen molar-refractivity contribution >= 4 is 112 Å². The van der Waals surface area contributed by atoms with Crippen molar-refractivity contribution in [1.82, 2.24) is 64.9 Å². The summed E-state index contributed by atoms with van der Waals surface area (Å²) in [5, 5.41) is 20.0. The van der Waals surface area contributed by atoms with Gasteiger partial charge in [0, 0.05) is 124 Å². The number of nitrogens with zero attached hydrogens (tertiary/aromatic N) is 11. The van der Waals surface area contributed by atoms with Crippen molar-refractivity contribution in [3.8, 4) is 5.75 Å². The molecule has 2 aliphatic heterocycles. The number of allylic oxidation sites excluding steroid dienone is 4. The van der Waals surface area contributed by atoms with Gasteiger partial charge < -0.3 is 89.0 Å². The van der Waals surface area contributed by atoms with Crippen LogP contribution in [0, 0.1) is 34.5 Å². The minimum absolute atomic E-state index is 0.0174. The molecule has 5 aliphatic carbocycles. The molecule has 8 rings (SSSR count). The average Bonchev–Trinajstić information content (AvgIpc) is 1.50. The highest BCUT2D eigenvalue weighted by Crippen LogP contribution is 2.70. The molecule has 7 aliphatic rings. The number of hydrogen-bond donors (Lipinski definition) is 4. The number of nitrogens with one attached hydrogen (secondary N) is 3. The molecule has 0 aromatic heterocycles. The van der Waals surface area contributed by atoms with Crippen molar-refractivity contribution < 1.29 is 110 Å². The van der Waals surface area contributed by atoms with Gasteiger partial charge in [-0.2, -0.15) is 0 Å². The number of amides is 15. The number of benzene rings is 1. The van der Waals surface area contributed by atoms with Crippen LogP contribution in [0.5, 0.6) is 5.75 Å². The number of aliphatic hydroxyl groups excluding tert-OH is 1. The second kappa shape index (κ2) is 39.7. The van der Waals surface area contributed by atoms with Gasteiger partial charge in [0.15, 0.2) is 23.5 Å². The molecule has 1 saturated heterocycles. The molecule has 11 atom stereocenters. The van der Waals surface area contributed by atoms with Crippen LogP contribution in [0.1, 0.15) is 104 Å². The summed E-state index contributed by atoms with van der Waals surface area (Å²) in [6, 6.07) is 2.25. The quantitative estimate of drug-likeness (QED) is 0.0321. The molecule has 118 heavy (non-hydrogen) atoms. The number of rotatable bonds is 39. The molecule has 0 unspecified atom stereocenters. The zero-order chi connectivity index (χ0) is 87.3. The third-order valence-electron chi connectivity index (χ3n) is 23.9. The van der Waals surface area contributed by atoms with Crippen LogP contribution in [0.15, 0.2) is 54.2 Å². The Balaban J connectivity index is 0.722. The maximum atomic E-state index is 14.8.